The van der Waals surface area contributed by atoms with Gasteiger partial charge in [0.15, 0.2) is 0 Å². The molecule has 10 rings (SSSR count). The van der Waals surface area contributed by atoms with Gasteiger partial charge in [-0.1, -0.05) is 95.1 Å². The van der Waals surface area contributed by atoms with Crippen molar-refractivity contribution in [2.45, 2.75) is 27.7 Å². The fraction of sp³-hybridized carbons (Fsp3) is 0.0800. The second-order valence-electron chi connectivity index (χ2n) is 14.7. The van der Waals surface area contributed by atoms with Crippen LogP contribution in [0.4, 0.5) is 0 Å². The molecule has 0 aliphatic carbocycles. The average Bonchev–Trinajstić information content (AvgIpc) is 3.64. The van der Waals surface area contributed by atoms with Crippen LogP contribution in [0.1, 0.15) is 33.4 Å². The molecule has 2 aromatic heterocycles. The number of aryl methyl sites for hydroxylation is 4. The number of hydrogen-bond acceptors (Lipinski definition) is 0. The molecule has 52 heavy (non-hydrogen) atoms. The molecule has 0 amide bonds. The molecule has 8 aromatic carbocycles. The molecule has 0 N–H and O–H groups in total. The molecular formula is C50H38N2. The zero-order valence-corrected chi connectivity index (χ0v) is 29.9. The standard InChI is InChI=1S/C50H38N2/c1-31-5-19-47-43(23-31)44-24-32(2)6-20-48(44)51(47)41-17-15-37-27-35(11-13-39(37)29-41)9-10-36-12-14-40-30-42(18-16-38(40)28-36)52-49-21-7-33(3)25-45(49)46-26-34(4)8-22-50(46)52/h5-30H,1-4H3. The summed E-state index contributed by atoms with van der Waals surface area (Å²) in [5, 5.41) is 10.2. The highest BCUT2D eigenvalue weighted by atomic mass is 15.0. The van der Waals surface area contributed by atoms with Gasteiger partial charge in [0.1, 0.15) is 0 Å². The maximum Gasteiger partial charge on any atom is 0.0541 e. The topological polar surface area (TPSA) is 9.86 Å². The largest absolute Gasteiger partial charge is 0.309 e. The quantitative estimate of drug-likeness (QED) is 0.165. The molecule has 0 aliphatic heterocycles. The van der Waals surface area contributed by atoms with E-state index in [4.69, 9.17) is 0 Å². The molecule has 0 atom stereocenters. The van der Waals surface area contributed by atoms with E-state index in [1.165, 1.54) is 110 Å². The van der Waals surface area contributed by atoms with Crippen LogP contribution in [-0.2, 0) is 0 Å². The van der Waals surface area contributed by atoms with E-state index in [1.807, 2.05) is 0 Å². The summed E-state index contributed by atoms with van der Waals surface area (Å²) in [4.78, 5) is 0. The fourth-order valence-corrected chi connectivity index (χ4v) is 8.24. The summed E-state index contributed by atoms with van der Waals surface area (Å²) < 4.78 is 4.81. The molecule has 2 heterocycles. The molecule has 2 heteroatoms. The highest BCUT2D eigenvalue weighted by Crippen LogP contribution is 2.36. The van der Waals surface area contributed by atoms with Crippen LogP contribution in [0.25, 0.3) is 88.7 Å². The minimum Gasteiger partial charge on any atom is -0.309 e. The van der Waals surface area contributed by atoms with Gasteiger partial charge in [-0.3, -0.25) is 0 Å². The maximum absolute atomic E-state index is 2.41. The van der Waals surface area contributed by atoms with E-state index in [0.29, 0.717) is 0 Å². The Morgan fingerprint density at radius 1 is 0.308 bits per heavy atom. The molecule has 0 bridgehead atoms. The van der Waals surface area contributed by atoms with E-state index in [0.717, 1.165) is 0 Å². The second kappa shape index (κ2) is 11.6. The summed E-state index contributed by atoms with van der Waals surface area (Å²) >= 11 is 0. The molecule has 0 saturated carbocycles. The van der Waals surface area contributed by atoms with Gasteiger partial charge >= 0.3 is 0 Å². The van der Waals surface area contributed by atoms with Crippen molar-refractivity contribution in [1.29, 1.82) is 0 Å². The van der Waals surface area contributed by atoms with Crippen molar-refractivity contribution in [1.82, 2.24) is 9.13 Å². The SMILES string of the molecule is Cc1ccc2c(c1)c1cc(C)ccc1n2-c1ccc2cc(C=Cc3ccc4cc(-n5c6ccc(C)cc6c6cc(C)ccc65)ccc4c3)ccc2c1. The third-order valence-electron chi connectivity index (χ3n) is 10.8. The van der Waals surface area contributed by atoms with Crippen LogP contribution in [-0.4, -0.2) is 9.13 Å². The monoisotopic (exact) mass is 666 g/mol. The van der Waals surface area contributed by atoms with Crippen molar-refractivity contribution in [3.63, 3.8) is 0 Å². The van der Waals surface area contributed by atoms with E-state index in [2.05, 4.69) is 195 Å². The Kier molecular flexibility index (Phi) is 6.78. The summed E-state index contributed by atoms with van der Waals surface area (Å²) in [6, 6.07) is 54.4. The van der Waals surface area contributed by atoms with Crippen molar-refractivity contribution in [3.8, 4) is 11.4 Å². The fourth-order valence-electron chi connectivity index (χ4n) is 8.24. The lowest BCUT2D eigenvalue weighted by Crippen LogP contribution is -1.94. The van der Waals surface area contributed by atoms with Gasteiger partial charge in [0.25, 0.3) is 0 Å². The summed E-state index contributed by atoms with van der Waals surface area (Å²) in [6.45, 7) is 8.69. The highest BCUT2D eigenvalue weighted by Gasteiger charge is 2.15. The second-order valence-corrected chi connectivity index (χ2v) is 14.7. The molecule has 10 aromatic rings. The van der Waals surface area contributed by atoms with Crippen LogP contribution in [0.3, 0.4) is 0 Å². The lowest BCUT2D eigenvalue weighted by molar-refractivity contribution is 1.18. The smallest absolute Gasteiger partial charge is 0.0541 e. The van der Waals surface area contributed by atoms with E-state index >= 15 is 0 Å². The first-order valence-corrected chi connectivity index (χ1v) is 18.2. The number of nitrogens with zero attached hydrogens (tertiary/aromatic N) is 2. The molecule has 0 spiro atoms. The van der Waals surface area contributed by atoms with Crippen molar-refractivity contribution in [2.75, 3.05) is 0 Å². The normalized spacial score (nSPS) is 12.2. The molecule has 2 nitrogen and oxygen atoms in total. The molecular weight excluding hydrogens is 629 g/mol. The molecule has 0 fully saturated rings. The first kappa shape index (κ1) is 30.4. The predicted octanol–water partition coefficient (Wildman–Crippen LogP) is 13.6. The molecule has 0 unspecified atom stereocenters. The van der Waals surface area contributed by atoms with E-state index in [1.54, 1.807) is 0 Å². The Labute approximate surface area is 303 Å². The van der Waals surface area contributed by atoms with Gasteiger partial charge in [0, 0.05) is 32.9 Å². The van der Waals surface area contributed by atoms with Gasteiger partial charge in [0.2, 0.25) is 0 Å². The Morgan fingerprint density at radius 2 is 0.615 bits per heavy atom. The van der Waals surface area contributed by atoms with Crippen molar-refractivity contribution < 1.29 is 0 Å². The van der Waals surface area contributed by atoms with Crippen molar-refractivity contribution >= 4 is 77.3 Å². The summed E-state index contributed by atoms with van der Waals surface area (Å²) in [7, 11) is 0. The predicted molar refractivity (Wildman–Crippen MR) is 224 cm³/mol. The van der Waals surface area contributed by atoms with Crippen LogP contribution in [0.15, 0.2) is 146 Å². The van der Waals surface area contributed by atoms with Gasteiger partial charge in [0.05, 0.1) is 22.1 Å². The Hall–Kier alpha value is -6.38. The van der Waals surface area contributed by atoms with E-state index < -0.39 is 0 Å². The van der Waals surface area contributed by atoms with Crippen LogP contribution >= 0.6 is 0 Å². The highest BCUT2D eigenvalue weighted by molar-refractivity contribution is 6.11. The first-order valence-electron chi connectivity index (χ1n) is 18.2. The third kappa shape index (κ3) is 4.94. The van der Waals surface area contributed by atoms with Gasteiger partial charge in [-0.05, 0) is 145 Å². The van der Waals surface area contributed by atoms with Crippen LogP contribution < -0.4 is 0 Å². The molecule has 0 aliphatic rings. The van der Waals surface area contributed by atoms with Crippen molar-refractivity contribution in [3.05, 3.63) is 179 Å². The molecule has 248 valence electrons. The number of aromatic nitrogens is 2. The number of rotatable bonds is 4. The Balaban J connectivity index is 0.964. The van der Waals surface area contributed by atoms with Gasteiger partial charge in [-0.15, -0.1) is 0 Å². The zero-order chi connectivity index (χ0) is 35.1. The number of fused-ring (bicyclic) bond motifs is 8. The van der Waals surface area contributed by atoms with Gasteiger partial charge in [-0.25, -0.2) is 0 Å². The Bertz CT molecular complexity index is 2780. The van der Waals surface area contributed by atoms with Crippen LogP contribution in [0.5, 0.6) is 0 Å². The number of hydrogen-bond donors (Lipinski definition) is 0. The molecule has 0 radical (unpaired) electrons. The average molecular weight is 667 g/mol. The van der Waals surface area contributed by atoms with Gasteiger partial charge < -0.3 is 9.13 Å². The van der Waals surface area contributed by atoms with Crippen LogP contribution in [0, 0.1) is 27.7 Å². The first-order chi connectivity index (χ1) is 25.4. The lowest BCUT2D eigenvalue weighted by atomic mass is 10.0. The van der Waals surface area contributed by atoms with E-state index in [9.17, 15) is 0 Å². The maximum atomic E-state index is 2.41. The third-order valence-corrected chi connectivity index (χ3v) is 10.8. The zero-order valence-electron chi connectivity index (χ0n) is 29.9. The summed E-state index contributed by atoms with van der Waals surface area (Å²) in [5.74, 6) is 0. The van der Waals surface area contributed by atoms with E-state index in [-0.39, 0.29) is 0 Å². The lowest BCUT2D eigenvalue weighted by Gasteiger charge is -2.10. The minimum atomic E-state index is 1.19. The van der Waals surface area contributed by atoms with Crippen LogP contribution in [0.2, 0.25) is 0 Å². The Morgan fingerprint density at radius 3 is 0.962 bits per heavy atom. The summed E-state index contributed by atoms with van der Waals surface area (Å²) in [5.41, 5.74) is 14.9. The molecule has 0 saturated heterocycles. The van der Waals surface area contributed by atoms with Crippen molar-refractivity contribution in [2.24, 2.45) is 0 Å². The number of benzene rings is 8. The summed E-state index contributed by atoms with van der Waals surface area (Å²) in [6.07, 6.45) is 4.45. The minimum absolute atomic E-state index is 1.19. The van der Waals surface area contributed by atoms with Gasteiger partial charge in [-0.2, -0.15) is 0 Å².